The third-order valence-electron chi connectivity index (χ3n) is 6.39. The number of nitrogens with zero attached hydrogens (tertiary/aromatic N) is 2. The van der Waals surface area contributed by atoms with Crippen LogP contribution in [0.3, 0.4) is 0 Å². The summed E-state index contributed by atoms with van der Waals surface area (Å²) in [6, 6.07) is 10.8. The van der Waals surface area contributed by atoms with Gasteiger partial charge in [0.15, 0.2) is 0 Å². The maximum atomic E-state index is 13.4. The van der Waals surface area contributed by atoms with Gasteiger partial charge < -0.3 is 19.1 Å². The molecule has 0 radical (unpaired) electrons. The predicted molar refractivity (Wildman–Crippen MR) is 108 cm³/mol. The molecule has 2 bridgehead atoms. The van der Waals surface area contributed by atoms with Crippen LogP contribution in [0.25, 0.3) is 11.1 Å². The summed E-state index contributed by atoms with van der Waals surface area (Å²) in [5.41, 5.74) is 2.08. The maximum Gasteiger partial charge on any atom is 0.311 e. The molecular weight excluding hydrogens is 372 g/mol. The van der Waals surface area contributed by atoms with E-state index < -0.39 is 5.92 Å². The van der Waals surface area contributed by atoms with Gasteiger partial charge in [-0.2, -0.15) is 0 Å². The Kier molecular flexibility index (Phi) is 5.19. The number of hydrogen-bond donors (Lipinski definition) is 1. The Morgan fingerprint density at radius 2 is 2.03 bits per heavy atom. The highest BCUT2D eigenvalue weighted by Gasteiger charge is 2.55. The van der Waals surface area contributed by atoms with Crippen LogP contribution in [0.15, 0.2) is 41.2 Å². The lowest BCUT2D eigenvalue weighted by molar-refractivity contribution is -0.148. The number of aliphatic hydroxyl groups is 1. The molecule has 154 valence electrons. The molecule has 0 amide bonds. The molecule has 0 spiro atoms. The van der Waals surface area contributed by atoms with E-state index in [1.165, 1.54) is 7.11 Å². The molecule has 2 aliphatic heterocycles. The summed E-state index contributed by atoms with van der Waals surface area (Å²) in [4.78, 5) is 28.2. The third kappa shape index (κ3) is 2.96. The lowest BCUT2D eigenvalue weighted by Gasteiger charge is -2.37. The molecule has 1 aromatic heterocycles. The highest BCUT2D eigenvalue weighted by atomic mass is 16.5. The van der Waals surface area contributed by atoms with Crippen molar-refractivity contribution in [2.45, 2.75) is 25.6 Å². The first-order valence-electron chi connectivity index (χ1n) is 9.88. The summed E-state index contributed by atoms with van der Waals surface area (Å²) >= 11 is 0. The summed E-state index contributed by atoms with van der Waals surface area (Å²) < 4.78 is 12.1. The van der Waals surface area contributed by atoms with Crippen molar-refractivity contribution in [3.63, 3.8) is 0 Å². The van der Waals surface area contributed by atoms with Crippen LogP contribution < -0.4 is 10.3 Å². The van der Waals surface area contributed by atoms with Gasteiger partial charge in [0.1, 0.15) is 5.75 Å². The van der Waals surface area contributed by atoms with E-state index in [0.29, 0.717) is 17.9 Å². The number of hydrogen-bond acceptors (Lipinski definition) is 6. The molecule has 7 nitrogen and oxygen atoms in total. The molecule has 29 heavy (non-hydrogen) atoms. The van der Waals surface area contributed by atoms with Crippen LogP contribution in [-0.2, 0) is 16.1 Å². The zero-order chi connectivity index (χ0) is 20.7. The van der Waals surface area contributed by atoms with E-state index in [0.717, 1.165) is 17.8 Å². The third-order valence-corrected chi connectivity index (χ3v) is 6.39. The van der Waals surface area contributed by atoms with Gasteiger partial charge >= 0.3 is 5.97 Å². The van der Waals surface area contributed by atoms with Gasteiger partial charge in [-0.25, -0.2) is 0 Å². The van der Waals surface area contributed by atoms with Gasteiger partial charge in [-0.05, 0) is 36.4 Å². The monoisotopic (exact) mass is 398 g/mol. The van der Waals surface area contributed by atoms with Gasteiger partial charge in [-0.3, -0.25) is 14.5 Å². The number of rotatable bonds is 5. The van der Waals surface area contributed by atoms with Gasteiger partial charge in [0.25, 0.3) is 5.56 Å². The second-order valence-electron chi connectivity index (χ2n) is 7.56. The Hall–Kier alpha value is -2.64. The van der Waals surface area contributed by atoms with Gasteiger partial charge in [0.05, 0.1) is 26.2 Å². The van der Waals surface area contributed by atoms with Crippen molar-refractivity contribution in [1.29, 1.82) is 0 Å². The molecule has 4 atom stereocenters. The van der Waals surface area contributed by atoms with Crippen molar-refractivity contribution in [1.82, 2.24) is 9.47 Å². The summed E-state index contributed by atoms with van der Waals surface area (Å²) in [6.07, 6.45) is 0. The Morgan fingerprint density at radius 1 is 1.24 bits per heavy atom. The van der Waals surface area contributed by atoms with Crippen LogP contribution in [0.5, 0.6) is 5.75 Å². The minimum Gasteiger partial charge on any atom is -0.497 e. The second-order valence-corrected chi connectivity index (χ2v) is 7.56. The van der Waals surface area contributed by atoms with Crippen molar-refractivity contribution in [3.8, 4) is 16.9 Å². The lowest BCUT2D eigenvalue weighted by Crippen LogP contribution is -2.46. The first-order valence-corrected chi connectivity index (χ1v) is 9.88. The molecular formula is C22H26N2O5. The number of fused-ring (bicyclic) bond motifs is 4. The van der Waals surface area contributed by atoms with Crippen molar-refractivity contribution in [2.75, 3.05) is 27.4 Å². The van der Waals surface area contributed by atoms with Gasteiger partial charge in [-0.15, -0.1) is 0 Å². The highest BCUT2D eigenvalue weighted by Crippen LogP contribution is 2.48. The van der Waals surface area contributed by atoms with E-state index in [-0.39, 0.29) is 36.1 Å². The lowest BCUT2D eigenvalue weighted by atomic mass is 9.87. The number of likely N-dealkylation sites (N-methyl/N-ethyl adjacent to an activating group) is 1. The van der Waals surface area contributed by atoms with Crippen molar-refractivity contribution >= 4 is 5.97 Å². The number of pyridine rings is 1. The number of carbonyl (C=O) groups excluding carboxylic acids is 1. The fourth-order valence-electron chi connectivity index (χ4n) is 5.07. The molecule has 2 aromatic rings. The number of carbonyl (C=O) groups is 1. The Labute approximate surface area is 169 Å². The molecule has 1 aromatic carbocycles. The largest absolute Gasteiger partial charge is 0.497 e. The quantitative estimate of drug-likeness (QED) is 0.772. The first kappa shape index (κ1) is 19.7. The smallest absolute Gasteiger partial charge is 0.311 e. The van der Waals surface area contributed by atoms with E-state index in [1.807, 2.05) is 43.3 Å². The highest BCUT2D eigenvalue weighted by molar-refractivity contribution is 5.75. The molecule has 1 saturated heterocycles. The molecule has 4 rings (SSSR count). The van der Waals surface area contributed by atoms with E-state index >= 15 is 0 Å². The van der Waals surface area contributed by atoms with E-state index in [1.54, 1.807) is 11.7 Å². The van der Waals surface area contributed by atoms with Crippen LogP contribution in [0, 0.1) is 11.8 Å². The number of aliphatic hydroxyl groups excluding tert-OH is 1. The Morgan fingerprint density at radius 3 is 2.69 bits per heavy atom. The second kappa shape index (κ2) is 7.65. The Bertz CT molecular complexity index is 985. The van der Waals surface area contributed by atoms with Crippen LogP contribution in [0.4, 0.5) is 0 Å². The van der Waals surface area contributed by atoms with Gasteiger partial charge in [0.2, 0.25) is 0 Å². The summed E-state index contributed by atoms with van der Waals surface area (Å²) in [5.74, 6) is -0.418. The molecule has 1 fully saturated rings. The minimum absolute atomic E-state index is 0.0927. The van der Waals surface area contributed by atoms with E-state index in [4.69, 9.17) is 9.47 Å². The molecule has 0 aliphatic carbocycles. The number of benzene rings is 1. The molecule has 1 N–H and O–H groups in total. The number of esters is 1. The average Bonchev–Trinajstić information content (AvgIpc) is 2.99. The SMILES string of the molecule is CCN1[C@@H]2Cn3c(ccc(-c4cccc(OC)c4)c3=O)[C@H]1[C@@H](C(=O)OC)[C@@H]2CO. The fraction of sp³-hybridized carbons (Fsp3) is 0.455. The van der Waals surface area contributed by atoms with Crippen molar-refractivity contribution in [2.24, 2.45) is 11.8 Å². The van der Waals surface area contributed by atoms with Gasteiger partial charge in [0, 0.05) is 36.4 Å². The number of aromatic nitrogens is 1. The zero-order valence-corrected chi connectivity index (χ0v) is 16.9. The molecule has 3 heterocycles. The normalized spacial score (nSPS) is 25.5. The zero-order valence-electron chi connectivity index (χ0n) is 16.9. The summed E-state index contributed by atoms with van der Waals surface area (Å²) in [5, 5.41) is 10.0. The van der Waals surface area contributed by atoms with Crippen LogP contribution in [0.2, 0.25) is 0 Å². The fourth-order valence-corrected chi connectivity index (χ4v) is 5.07. The molecule has 7 heteroatoms. The molecule has 2 aliphatic rings. The Balaban J connectivity index is 1.85. The summed E-state index contributed by atoms with van der Waals surface area (Å²) in [6.45, 7) is 3.08. The minimum atomic E-state index is -0.495. The molecule has 0 saturated carbocycles. The predicted octanol–water partition coefficient (Wildman–Crippen LogP) is 1.68. The number of ether oxygens (including phenoxy) is 2. The van der Waals surface area contributed by atoms with E-state index in [9.17, 15) is 14.7 Å². The van der Waals surface area contributed by atoms with Crippen LogP contribution >= 0.6 is 0 Å². The topological polar surface area (TPSA) is 81.0 Å². The average molecular weight is 398 g/mol. The first-order chi connectivity index (χ1) is 14.0. The number of methoxy groups -OCH3 is 2. The standard InChI is InChI=1S/C22H26N2O5/c1-4-23-18-11-24-17(20(23)19(16(18)12-25)22(27)29-3)9-8-15(21(24)26)13-6-5-7-14(10-13)28-2/h5-10,16,18-20,25H,4,11-12H2,1-3H3/t16-,18-,19+,20+/m1/s1. The van der Waals surface area contributed by atoms with Gasteiger partial charge in [-0.1, -0.05) is 19.1 Å². The van der Waals surface area contributed by atoms with Crippen molar-refractivity contribution in [3.05, 3.63) is 52.4 Å². The van der Waals surface area contributed by atoms with E-state index in [2.05, 4.69) is 4.90 Å². The van der Waals surface area contributed by atoms with Crippen molar-refractivity contribution < 1.29 is 19.4 Å². The summed E-state index contributed by atoms with van der Waals surface area (Å²) in [7, 11) is 2.96. The molecule has 0 unspecified atom stereocenters. The van der Waals surface area contributed by atoms with Crippen LogP contribution in [-0.4, -0.2) is 54.0 Å². The van der Waals surface area contributed by atoms with Crippen LogP contribution in [0.1, 0.15) is 18.7 Å². The maximum absolute atomic E-state index is 13.4.